The van der Waals surface area contributed by atoms with Crippen LogP contribution in [-0.2, 0) is 6.54 Å². The van der Waals surface area contributed by atoms with Crippen LogP contribution in [0.2, 0.25) is 0 Å². The number of nitriles is 1. The van der Waals surface area contributed by atoms with E-state index in [0.717, 1.165) is 12.1 Å². The van der Waals surface area contributed by atoms with Crippen molar-refractivity contribution in [3.63, 3.8) is 0 Å². The van der Waals surface area contributed by atoms with Gasteiger partial charge in [0.2, 0.25) is 0 Å². The van der Waals surface area contributed by atoms with Crippen LogP contribution in [0.3, 0.4) is 0 Å². The highest BCUT2D eigenvalue weighted by molar-refractivity contribution is 5.37. The molecule has 0 spiro atoms. The van der Waals surface area contributed by atoms with Crippen LogP contribution in [0.15, 0.2) is 24.3 Å². The minimum atomic E-state index is 0.515. The molecule has 1 aliphatic rings. The number of rotatable bonds is 4. The van der Waals surface area contributed by atoms with Gasteiger partial charge in [-0.15, -0.1) is 0 Å². The van der Waals surface area contributed by atoms with Crippen LogP contribution in [0.1, 0.15) is 44.2 Å². The SMILES string of the molecule is CCC1(CC)CCN(Cc2ccccc2C#N)C1. The first-order chi connectivity index (χ1) is 8.73. The van der Waals surface area contributed by atoms with Gasteiger partial charge in [-0.2, -0.15) is 5.26 Å². The molecular weight excluding hydrogens is 220 g/mol. The first-order valence-corrected chi connectivity index (χ1v) is 6.93. The Morgan fingerprint density at radius 1 is 1.28 bits per heavy atom. The summed E-state index contributed by atoms with van der Waals surface area (Å²) in [5.41, 5.74) is 2.51. The minimum Gasteiger partial charge on any atom is -0.298 e. The Bertz CT molecular complexity index is 441. The van der Waals surface area contributed by atoms with E-state index in [-0.39, 0.29) is 0 Å². The lowest BCUT2D eigenvalue weighted by Gasteiger charge is -2.26. The highest BCUT2D eigenvalue weighted by atomic mass is 15.2. The van der Waals surface area contributed by atoms with E-state index in [0.29, 0.717) is 5.41 Å². The Morgan fingerprint density at radius 3 is 2.61 bits per heavy atom. The molecule has 0 atom stereocenters. The Hall–Kier alpha value is -1.33. The maximum Gasteiger partial charge on any atom is 0.0995 e. The maximum absolute atomic E-state index is 9.12. The molecule has 1 aromatic carbocycles. The molecule has 0 aliphatic carbocycles. The molecule has 1 heterocycles. The standard InChI is InChI=1S/C16H22N2/c1-3-16(4-2)9-10-18(13-16)12-15-8-6-5-7-14(15)11-17/h5-8H,3-4,9-10,12-13H2,1-2H3. The summed E-state index contributed by atoms with van der Waals surface area (Å²) in [5, 5.41) is 9.12. The van der Waals surface area contributed by atoms with Gasteiger partial charge >= 0.3 is 0 Å². The Balaban J connectivity index is 2.06. The van der Waals surface area contributed by atoms with Crippen LogP contribution in [0, 0.1) is 16.7 Å². The molecule has 1 saturated heterocycles. The molecule has 0 N–H and O–H groups in total. The summed E-state index contributed by atoms with van der Waals surface area (Å²) in [5.74, 6) is 0. The minimum absolute atomic E-state index is 0.515. The van der Waals surface area contributed by atoms with Gasteiger partial charge in [-0.1, -0.05) is 32.0 Å². The predicted molar refractivity (Wildman–Crippen MR) is 74.1 cm³/mol. The average Bonchev–Trinajstić information content (AvgIpc) is 2.83. The molecule has 1 aliphatic heterocycles. The molecule has 0 saturated carbocycles. The van der Waals surface area contributed by atoms with E-state index in [1.807, 2.05) is 18.2 Å². The molecule has 18 heavy (non-hydrogen) atoms. The van der Waals surface area contributed by atoms with Gasteiger partial charge in [0, 0.05) is 13.1 Å². The van der Waals surface area contributed by atoms with E-state index >= 15 is 0 Å². The first-order valence-electron chi connectivity index (χ1n) is 6.93. The third-order valence-electron chi connectivity index (χ3n) is 4.55. The molecule has 1 fully saturated rings. The smallest absolute Gasteiger partial charge is 0.0995 e. The lowest BCUT2D eigenvalue weighted by atomic mass is 9.82. The fraction of sp³-hybridized carbons (Fsp3) is 0.562. The number of hydrogen-bond donors (Lipinski definition) is 0. The Kier molecular flexibility index (Phi) is 4.04. The van der Waals surface area contributed by atoms with E-state index in [4.69, 9.17) is 5.26 Å². The molecule has 1 aromatic rings. The van der Waals surface area contributed by atoms with Crippen molar-refractivity contribution in [3.05, 3.63) is 35.4 Å². The second-order valence-electron chi connectivity index (χ2n) is 5.44. The Labute approximate surface area is 110 Å². The molecular formula is C16H22N2. The van der Waals surface area contributed by atoms with Crippen molar-refractivity contribution in [2.45, 2.75) is 39.7 Å². The van der Waals surface area contributed by atoms with Gasteiger partial charge in [-0.25, -0.2) is 0 Å². The molecule has 2 heteroatoms. The molecule has 96 valence electrons. The van der Waals surface area contributed by atoms with Crippen LogP contribution in [0.25, 0.3) is 0 Å². The number of nitrogens with zero attached hydrogens (tertiary/aromatic N) is 2. The Morgan fingerprint density at radius 2 is 2.00 bits per heavy atom. The summed E-state index contributed by atoms with van der Waals surface area (Å²) in [6, 6.07) is 10.3. The third-order valence-corrected chi connectivity index (χ3v) is 4.55. The molecule has 0 unspecified atom stereocenters. The molecule has 0 aromatic heterocycles. The third kappa shape index (κ3) is 2.57. The van der Waals surface area contributed by atoms with Crippen LogP contribution < -0.4 is 0 Å². The summed E-state index contributed by atoms with van der Waals surface area (Å²) in [6.45, 7) is 7.87. The van der Waals surface area contributed by atoms with Gasteiger partial charge in [-0.05, 0) is 42.9 Å². The highest BCUT2D eigenvalue weighted by Crippen LogP contribution is 2.37. The lowest BCUT2D eigenvalue weighted by Crippen LogP contribution is -2.26. The zero-order valence-corrected chi connectivity index (χ0v) is 11.4. The molecule has 0 radical (unpaired) electrons. The van der Waals surface area contributed by atoms with Gasteiger partial charge in [0.15, 0.2) is 0 Å². The van der Waals surface area contributed by atoms with E-state index in [1.54, 1.807) is 0 Å². The summed E-state index contributed by atoms with van der Waals surface area (Å²) >= 11 is 0. The molecule has 2 rings (SSSR count). The fourth-order valence-electron chi connectivity index (χ4n) is 3.00. The van der Waals surface area contributed by atoms with E-state index in [1.165, 1.54) is 37.9 Å². The molecule has 0 bridgehead atoms. The normalized spacial score (nSPS) is 18.7. The van der Waals surface area contributed by atoms with Crippen LogP contribution >= 0.6 is 0 Å². The number of hydrogen-bond acceptors (Lipinski definition) is 2. The zero-order chi connectivity index (χ0) is 13.0. The van der Waals surface area contributed by atoms with Crippen LogP contribution in [-0.4, -0.2) is 18.0 Å². The second-order valence-corrected chi connectivity index (χ2v) is 5.44. The molecule has 0 amide bonds. The van der Waals surface area contributed by atoms with Crippen molar-refractivity contribution in [3.8, 4) is 6.07 Å². The van der Waals surface area contributed by atoms with E-state index in [9.17, 15) is 0 Å². The lowest BCUT2D eigenvalue weighted by molar-refractivity contribution is 0.236. The van der Waals surface area contributed by atoms with Crippen molar-refractivity contribution >= 4 is 0 Å². The van der Waals surface area contributed by atoms with Gasteiger partial charge in [0.05, 0.1) is 11.6 Å². The average molecular weight is 242 g/mol. The van der Waals surface area contributed by atoms with Crippen molar-refractivity contribution < 1.29 is 0 Å². The van der Waals surface area contributed by atoms with Crippen LogP contribution in [0.5, 0.6) is 0 Å². The predicted octanol–water partition coefficient (Wildman–Crippen LogP) is 3.57. The van der Waals surface area contributed by atoms with Gasteiger partial charge in [0.25, 0.3) is 0 Å². The number of benzene rings is 1. The van der Waals surface area contributed by atoms with Crippen molar-refractivity contribution in [2.75, 3.05) is 13.1 Å². The fourth-order valence-corrected chi connectivity index (χ4v) is 3.00. The maximum atomic E-state index is 9.12. The van der Waals surface area contributed by atoms with E-state index in [2.05, 4.69) is 30.9 Å². The van der Waals surface area contributed by atoms with Gasteiger partial charge < -0.3 is 0 Å². The summed E-state index contributed by atoms with van der Waals surface area (Å²) in [4.78, 5) is 2.50. The van der Waals surface area contributed by atoms with Crippen molar-refractivity contribution in [1.82, 2.24) is 4.90 Å². The van der Waals surface area contributed by atoms with Crippen LogP contribution in [0.4, 0.5) is 0 Å². The zero-order valence-electron chi connectivity index (χ0n) is 11.4. The monoisotopic (exact) mass is 242 g/mol. The highest BCUT2D eigenvalue weighted by Gasteiger charge is 2.34. The molecule has 2 nitrogen and oxygen atoms in total. The van der Waals surface area contributed by atoms with Gasteiger partial charge in [0.1, 0.15) is 0 Å². The van der Waals surface area contributed by atoms with Gasteiger partial charge in [-0.3, -0.25) is 4.90 Å². The summed E-state index contributed by atoms with van der Waals surface area (Å²) in [6.07, 6.45) is 3.83. The topological polar surface area (TPSA) is 27.0 Å². The second kappa shape index (κ2) is 5.54. The van der Waals surface area contributed by atoms with Crippen molar-refractivity contribution in [2.24, 2.45) is 5.41 Å². The first kappa shape index (κ1) is 13.1. The largest absolute Gasteiger partial charge is 0.298 e. The quantitative estimate of drug-likeness (QED) is 0.807. The van der Waals surface area contributed by atoms with Crippen molar-refractivity contribution in [1.29, 1.82) is 5.26 Å². The van der Waals surface area contributed by atoms with E-state index < -0.39 is 0 Å². The summed E-state index contributed by atoms with van der Waals surface area (Å²) < 4.78 is 0. The summed E-state index contributed by atoms with van der Waals surface area (Å²) in [7, 11) is 0. The number of likely N-dealkylation sites (tertiary alicyclic amines) is 1.